The Morgan fingerprint density at radius 1 is 1.00 bits per heavy atom. The standard InChI is InChI=1S/C20H23NO4/c1-23-17-10-6-9-16(18(17)24-2)19(22)21-13-20(25-3)11-14-7-4-5-8-15(14)12-20/h4-10H,11-13H2,1-3H3,(H,21,22). The van der Waals surface area contributed by atoms with Crippen LogP contribution in [-0.4, -0.2) is 39.4 Å². The molecule has 0 fully saturated rings. The number of hydrogen-bond acceptors (Lipinski definition) is 4. The Hall–Kier alpha value is -2.53. The van der Waals surface area contributed by atoms with E-state index in [0.29, 0.717) is 23.6 Å². The minimum atomic E-state index is -0.411. The van der Waals surface area contributed by atoms with Crippen molar-refractivity contribution in [2.45, 2.75) is 18.4 Å². The van der Waals surface area contributed by atoms with Gasteiger partial charge < -0.3 is 19.5 Å². The first-order valence-electron chi connectivity index (χ1n) is 8.23. The highest BCUT2D eigenvalue weighted by atomic mass is 16.5. The number of nitrogens with one attached hydrogen (secondary N) is 1. The first-order chi connectivity index (χ1) is 12.1. The summed E-state index contributed by atoms with van der Waals surface area (Å²) in [5.74, 6) is 0.761. The predicted octanol–water partition coefficient (Wildman–Crippen LogP) is 2.62. The maximum Gasteiger partial charge on any atom is 0.255 e. The molecule has 2 aromatic rings. The number of fused-ring (bicyclic) bond motifs is 1. The SMILES string of the molecule is COc1cccc(C(=O)NCC2(OC)Cc3ccccc3C2)c1OC. The van der Waals surface area contributed by atoms with E-state index in [9.17, 15) is 4.79 Å². The van der Waals surface area contributed by atoms with Gasteiger partial charge in [-0.3, -0.25) is 4.79 Å². The predicted molar refractivity (Wildman–Crippen MR) is 95.5 cm³/mol. The van der Waals surface area contributed by atoms with Crippen molar-refractivity contribution in [3.05, 3.63) is 59.2 Å². The van der Waals surface area contributed by atoms with E-state index in [2.05, 4.69) is 17.4 Å². The van der Waals surface area contributed by atoms with E-state index in [4.69, 9.17) is 14.2 Å². The zero-order valence-corrected chi connectivity index (χ0v) is 14.8. The van der Waals surface area contributed by atoms with E-state index in [0.717, 1.165) is 12.8 Å². The van der Waals surface area contributed by atoms with Crippen molar-refractivity contribution >= 4 is 5.91 Å². The molecule has 5 nitrogen and oxygen atoms in total. The van der Waals surface area contributed by atoms with Crippen LogP contribution >= 0.6 is 0 Å². The van der Waals surface area contributed by atoms with Crippen LogP contribution in [0.15, 0.2) is 42.5 Å². The van der Waals surface area contributed by atoms with Crippen LogP contribution < -0.4 is 14.8 Å². The molecule has 2 aromatic carbocycles. The fourth-order valence-corrected chi connectivity index (χ4v) is 3.40. The summed E-state index contributed by atoms with van der Waals surface area (Å²) < 4.78 is 16.4. The Morgan fingerprint density at radius 3 is 2.24 bits per heavy atom. The van der Waals surface area contributed by atoms with Crippen LogP contribution in [0.3, 0.4) is 0 Å². The van der Waals surface area contributed by atoms with E-state index in [1.807, 2.05) is 12.1 Å². The fraction of sp³-hybridized carbons (Fsp3) is 0.350. The molecule has 0 heterocycles. The van der Waals surface area contributed by atoms with Gasteiger partial charge in [0.2, 0.25) is 0 Å². The fourth-order valence-electron chi connectivity index (χ4n) is 3.40. The molecule has 0 aliphatic heterocycles. The molecular formula is C20H23NO4. The highest BCUT2D eigenvalue weighted by molar-refractivity contribution is 5.97. The first-order valence-corrected chi connectivity index (χ1v) is 8.23. The molecule has 1 aliphatic rings. The molecule has 0 saturated heterocycles. The smallest absolute Gasteiger partial charge is 0.255 e. The Labute approximate surface area is 147 Å². The summed E-state index contributed by atoms with van der Waals surface area (Å²) in [6.45, 7) is 0.428. The molecule has 0 radical (unpaired) electrons. The highest BCUT2D eigenvalue weighted by Crippen LogP contribution is 2.33. The number of amides is 1. The van der Waals surface area contributed by atoms with Crippen molar-refractivity contribution in [1.82, 2.24) is 5.32 Å². The average molecular weight is 341 g/mol. The first kappa shape index (κ1) is 17.3. The van der Waals surface area contributed by atoms with Gasteiger partial charge in [0.15, 0.2) is 11.5 Å². The van der Waals surface area contributed by atoms with Gasteiger partial charge in [-0.1, -0.05) is 30.3 Å². The molecule has 0 spiro atoms. The van der Waals surface area contributed by atoms with Crippen molar-refractivity contribution in [2.24, 2.45) is 0 Å². The Kier molecular flexibility index (Phi) is 4.95. The van der Waals surface area contributed by atoms with Crippen LogP contribution in [-0.2, 0) is 17.6 Å². The molecule has 1 aliphatic carbocycles. The van der Waals surface area contributed by atoms with Crippen LogP contribution in [0, 0.1) is 0 Å². The molecule has 3 rings (SSSR count). The quantitative estimate of drug-likeness (QED) is 0.877. The molecule has 132 valence electrons. The summed E-state index contributed by atoms with van der Waals surface area (Å²) in [6, 6.07) is 13.5. The molecule has 25 heavy (non-hydrogen) atoms. The lowest BCUT2D eigenvalue weighted by molar-refractivity contribution is 0.000153. The van der Waals surface area contributed by atoms with Gasteiger partial charge in [-0.2, -0.15) is 0 Å². The Bertz CT molecular complexity index is 747. The normalized spacial score (nSPS) is 14.7. The summed E-state index contributed by atoms with van der Waals surface area (Å²) in [5, 5.41) is 2.99. The third-order valence-corrected chi connectivity index (χ3v) is 4.80. The maximum atomic E-state index is 12.7. The van der Waals surface area contributed by atoms with Crippen LogP contribution in [0.5, 0.6) is 11.5 Å². The second-order valence-electron chi connectivity index (χ2n) is 6.23. The third-order valence-electron chi connectivity index (χ3n) is 4.80. The van der Waals surface area contributed by atoms with Crippen LogP contribution in [0.2, 0.25) is 0 Å². The minimum absolute atomic E-state index is 0.205. The molecular weight excluding hydrogens is 318 g/mol. The van der Waals surface area contributed by atoms with E-state index in [1.54, 1.807) is 32.4 Å². The highest BCUT2D eigenvalue weighted by Gasteiger charge is 2.37. The average Bonchev–Trinajstić information content (AvgIpc) is 3.04. The van der Waals surface area contributed by atoms with Crippen molar-refractivity contribution in [2.75, 3.05) is 27.9 Å². The lowest BCUT2D eigenvalue weighted by Gasteiger charge is -2.28. The summed E-state index contributed by atoms with van der Waals surface area (Å²) in [7, 11) is 4.78. The van der Waals surface area contributed by atoms with Crippen molar-refractivity contribution in [1.29, 1.82) is 0 Å². The van der Waals surface area contributed by atoms with Gasteiger partial charge in [0.1, 0.15) is 0 Å². The summed E-state index contributed by atoms with van der Waals surface area (Å²) in [5.41, 5.74) is 2.59. The molecule has 0 atom stereocenters. The monoisotopic (exact) mass is 341 g/mol. The van der Waals surface area contributed by atoms with Crippen LogP contribution in [0.1, 0.15) is 21.5 Å². The second kappa shape index (κ2) is 7.15. The van der Waals surface area contributed by atoms with E-state index < -0.39 is 5.60 Å². The number of carbonyl (C=O) groups excluding carboxylic acids is 1. The molecule has 1 amide bonds. The van der Waals surface area contributed by atoms with Gasteiger partial charge >= 0.3 is 0 Å². The molecule has 0 unspecified atom stereocenters. The number of ether oxygens (including phenoxy) is 3. The molecule has 0 bridgehead atoms. The Balaban J connectivity index is 1.74. The zero-order chi connectivity index (χ0) is 17.9. The number of para-hydroxylation sites is 1. The Morgan fingerprint density at radius 2 is 1.68 bits per heavy atom. The number of hydrogen-bond donors (Lipinski definition) is 1. The second-order valence-corrected chi connectivity index (χ2v) is 6.23. The minimum Gasteiger partial charge on any atom is -0.493 e. The van der Waals surface area contributed by atoms with Crippen molar-refractivity contribution in [3.63, 3.8) is 0 Å². The number of methoxy groups -OCH3 is 3. The van der Waals surface area contributed by atoms with E-state index in [1.165, 1.54) is 18.2 Å². The van der Waals surface area contributed by atoms with E-state index >= 15 is 0 Å². The number of carbonyl (C=O) groups is 1. The molecule has 5 heteroatoms. The summed E-state index contributed by atoms with van der Waals surface area (Å²) in [4.78, 5) is 12.7. The lowest BCUT2D eigenvalue weighted by Crippen LogP contribution is -2.45. The van der Waals surface area contributed by atoms with Gasteiger partial charge in [0.05, 0.1) is 25.4 Å². The molecule has 1 N–H and O–H groups in total. The largest absolute Gasteiger partial charge is 0.493 e. The van der Waals surface area contributed by atoms with Gasteiger partial charge in [-0.15, -0.1) is 0 Å². The van der Waals surface area contributed by atoms with Gasteiger partial charge in [-0.05, 0) is 23.3 Å². The van der Waals surface area contributed by atoms with Gasteiger partial charge in [0, 0.05) is 26.5 Å². The van der Waals surface area contributed by atoms with Crippen molar-refractivity contribution in [3.8, 4) is 11.5 Å². The maximum absolute atomic E-state index is 12.7. The van der Waals surface area contributed by atoms with Gasteiger partial charge in [-0.25, -0.2) is 0 Å². The zero-order valence-electron chi connectivity index (χ0n) is 14.8. The van der Waals surface area contributed by atoms with Crippen LogP contribution in [0.4, 0.5) is 0 Å². The van der Waals surface area contributed by atoms with Crippen LogP contribution in [0.25, 0.3) is 0 Å². The summed E-state index contributed by atoms with van der Waals surface area (Å²) in [6.07, 6.45) is 1.57. The van der Waals surface area contributed by atoms with E-state index in [-0.39, 0.29) is 5.91 Å². The number of benzene rings is 2. The molecule has 0 saturated carbocycles. The summed E-state index contributed by atoms with van der Waals surface area (Å²) >= 11 is 0. The number of rotatable bonds is 6. The van der Waals surface area contributed by atoms with Crippen molar-refractivity contribution < 1.29 is 19.0 Å². The third kappa shape index (κ3) is 3.33. The lowest BCUT2D eigenvalue weighted by atomic mass is 10.00. The molecule has 0 aromatic heterocycles. The topological polar surface area (TPSA) is 56.8 Å². The van der Waals surface area contributed by atoms with Gasteiger partial charge in [0.25, 0.3) is 5.91 Å².